The summed E-state index contributed by atoms with van der Waals surface area (Å²) in [6.45, 7) is -0.238. The lowest BCUT2D eigenvalue weighted by Gasteiger charge is -2.16. The molecule has 3 rings (SSSR count). The van der Waals surface area contributed by atoms with Crippen LogP contribution in [-0.2, 0) is 16.1 Å². The molecule has 0 unspecified atom stereocenters. The second-order valence-electron chi connectivity index (χ2n) is 6.73. The molecule has 1 saturated carbocycles. The van der Waals surface area contributed by atoms with Crippen LogP contribution in [0.2, 0.25) is 0 Å². The fourth-order valence-electron chi connectivity index (χ4n) is 3.31. The predicted molar refractivity (Wildman–Crippen MR) is 98.6 cm³/mol. The van der Waals surface area contributed by atoms with E-state index in [-0.39, 0.29) is 36.5 Å². The monoisotopic (exact) mass is 356 g/mol. The smallest absolute Gasteiger partial charge is 0.261 e. The maximum atomic E-state index is 12.4. The lowest BCUT2D eigenvalue weighted by atomic mass is 10.1. The van der Waals surface area contributed by atoms with Gasteiger partial charge in [-0.05, 0) is 25.0 Å². The first-order valence-electron chi connectivity index (χ1n) is 9.14. The van der Waals surface area contributed by atoms with E-state index < -0.39 is 0 Å². The Morgan fingerprint density at radius 1 is 1.08 bits per heavy atom. The highest BCUT2D eigenvalue weighted by Gasteiger charge is 2.15. The Morgan fingerprint density at radius 2 is 1.81 bits per heavy atom. The largest absolute Gasteiger partial charge is 0.352 e. The van der Waals surface area contributed by atoms with Crippen LogP contribution >= 0.6 is 0 Å². The highest BCUT2D eigenvalue weighted by atomic mass is 16.2. The number of carbonyl (C=O) groups excluding carboxylic acids is 2. The molecule has 0 spiro atoms. The highest BCUT2D eigenvalue weighted by molar-refractivity contribution is 5.85. The molecule has 0 bridgehead atoms. The lowest BCUT2D eigenvalue weighted by Crippen LogP contribution is -2.43. The van der Waals surface area contributed by atoms with Crippen molar-refractivity contribution in [1.82, 2.24) is 20.2 Å². The molecule has 0 aliphatic heterocycles. The standard InChI is InChI=1S/C19H24N4O3/c24-17(22-14-7-3-1-2-4-8-14)11-20-18(25)12-23-13-21-16-10-6-5-9-15(16)19(23)26/h5-6,9-10,13-14H,1-4,7-8,11-12H2,(H,20,25)(H,22,24). The Balaban J connectivity index is 1.52. The Kier molecular flexibility index (Phi) is 5.99. The number of fused-ring (bicyclic) bond motifs is 1. The van der Waals surface area contributed by atoms with Crippen molar-refractivity contribution in [3.8, 4) is 0 Å². The van der Waals surface area contributed by atoms with Crippen LogP contribution in [0.5, 0.6) is 0 Å². The third-order valence-corrected chi connectivity index (χ3v) is 4.71. The molecule has 0 atom stereocenters. The summed E-state index contributed by atoms with van der Waals surface area (Å²) < 4.78 is 1.25. The number of rotatable bonds is 5. The SMILES string of the molecule is O=C(Cn1cnc2ccccc2c1=O)NCC(=O)NC1CCCCCC1. The molecule has 1 aliphatic rings. The average Bonchev–Trinajstić information content (AvgIpc) is 2.91. The molecule has 138 valence electrons. The summed E-state index contributed by atoms with van der Waals surface area (Å²) in [4.78, 5) is 40.6. The average molecular weight is 356 g/mol. The maximum Gasteiger partial charge on any atom is 0.261 e. The second kappa shape index (κ2) is 8.60. The number of aromatic nitrogens is 2. The van der Waals surface area contributed by atoms with E-state index in [9.17, 15) is 14.4 Å². The molecule has 0 saturated heterocycles. The van der Waals surface area contributed by atoms with Crippen LogP contribution in [0.4, 0.5) is 0 Å². The van der Waals surface area contributed by atoms with Gasteiger partial charge >= 0.3 is 0 Å². The Hall–Kier alpha value is -2.70. The third kappa shape index (κ3) is 4.68. The van der Waals surface area contributed by atoms with Crippen molar-refractivity contribution >= 4 is 22.7 Å². The zero-order valence-electron chi connectivity index (χ0n) is 14.7. The summed E-state index contributed by atoms with van der Waals surface area (Å²) in [6.07, 6.45) is 8.06. The summed E-state index contributed by atoms with van der Waals surface area (Å²) in [7, 11) is 0. The maximum absolute atomic E-state index is 12.4. The molecule has 2 N–H and O–H groups in total. The fourth-order valence-corrected chi connectivity index (χ4v) is 3.31. The van der Waals surface area contributed by atoms with Gasteiger partial charge in [0.1, 0.15) is 6.54 Å². The lowest BCUT2D eigenvalue weighted by molar-refractivity contribution is -0.126. The van der Waals surface area contributed by atoms with E-state index in [0.717, 1.165) is 25.7 Å². The molecular weight excluding hydrogens is 332 g/mol. The van der Waals surface area contributed by atoms with Gasteiger partial charge in [0, 0.05) is 6.04 Å². The molecule has 1 heterocycles. The van der Waals surface area contributed by atoms with Crippen molar-refractivity contribution in [2.24, 2.45) is 0 Å². The van der Waals surface area contributed by atoms with Gasteiger partial charge in [0.15, 0.2) is 0 Å². The molecule has 0 radical (unpaired) electrons. The first-order chi connectivity index (χ1) is 12.6. The van der Waals surface area contributed by atoms with Crippen molar-refractivity contribution in [2.45, 2.75) is 51.1 Å². The summed E-state index contributed by atoms with van der Waals surface area (Å²) in [6, 6.07) is 7.19. The van der Waals surface area contributed by atoms with Gasteiger partial charge in [0.25, 0.3) is 5.56 Å². The second-order valence-corrected chi connectivity index (χ2v) is 6.73. The number of para-hydroxylation sites is 1. The molecule has 2 amide bonds. The Bertz CT molecular complexity index is 838. The molecule has 7 nitrogen and oxygen atoms in total. The van der Waals surface area contributed by atoms with E-state index >= 15 is 0 Å². The highest BCUT2D eigenvalue weighted by Crippen LogP contribution is 2.16. The van der Waals surface area contributed by atoms with Crippen LogP contribution in [-0.4, -0.2) is 34.0 Å². The van der Waals surface area contributed by atoms with E-state index in [2.05, 4.69) is 15.6 Å². The van der Waals surface area contributed by atoms with Crippen LogP contribution in [0.15, 0.2) is 35.4 Å². The molecule has 1 aromatic heterocycles. The Morgan fingerprint density at radius 3 is 2.58 bits per heavy atom. The van der Waals surface area contributed by atoms with Gasteiger partial charge in [0.2, 0.25) is 11.8 Å². The van der Waals surface area contributed by atoms with E-state index in [1.54, 1.807) is 24.3 Å². The van der Waals surface area contributed by atoms with Crippen LogP contribution in [0.1, 0.15) is 38.5 Å². The topological polar surface area (TPSA) is 93.1 Å². The van der Waals surface area contributed by atoms with Crippen molar-refractivity contribution < 1.29 is 9.59 Å². The first-order valence-corrected chi connectivity index (χ1v) is 9.14. The van der Waals surface area contributed by atoms with Crippen LogP contribution in [0.25, 0.3) is 10.9 Å². The molecule has 2 aromatic rings. The van der Waals surface area contributed by atoms with Gasteiger partial charge in [-0.25, -0.2) is 4.98 Å². The number of hydrogen-bond donors (Lipinski definition) is 2. The van der Waals surface area contributed by atoms with Crippen LogP contribution in [0.3, 0.4) is 0 Å². The van der Waals surface area contributed by atoms with Crippen LogP contribution in [0, 0.1) is 0 Å². The van der Waals surface area contributed by atoms with Gasteiger partial charge < -0.3 is 10.6 Å². The minimum atomic E-state index is -0.389. The van der Waals surface area contributed by atoms with Crippen molar-refractivity contribution in [1.29, 1.82) is 0 Å². The first kappa shape index (κ1) is 18.1. The van der Waals surface area contributed by atoms with Gasteiger partial charge in [-0.15, -0.1) is 0 Å². The molecular formula is C19H24N4O3. The normalized spacial score (nSPS) is 15.4. The van der Waals surface area contributed by atoms with Crippen molar-refractivity contribution in [2.75, 3.05) is 6.54 Å². The Labute approximate surface area is 151 Å². The van der Waals surface area contributed by atoms with Crippen molar-refractivity contribution in [3.63, 3.8) is 0 Å². The van der Waals surface area contributed by atoms with Gasteiger partial charge in [-0.1, -0.05) is 37.8 Å². The number of amides is 2. The van der Waals surface area contributed by atoms with E-state index in [0.29, 0.717) is 10.9 Å². The number of nitrogens with zero attached hydrogens (tertiary/aromatic N) is 2. The summed E-state index contributed by atoms with van der Waals surface area (Å²) in [5, 5.41) is 6.02. The zero-order valence-corrected chi connectivity index (χ0v) is 14.7. The minimum Gasteiger partial charge on any atom is -0.352 e. The third-order valence-electron chi connectivity index (χ3n) is 4.71. The number of benzene rings is 1. The van der Waals surface area contributed by atoms with E-state index in [4.69, 9.17) is 0 Å². The summed E-state index contributed by atoms with van der Waals surface area (Å²) >= 11 is 0. The number of carbonyl (C=O) groups is 2. The number of nitrogens with one attached hydrogen (secondary N) is 2. The molecule has 1 aliphatic carbocycles. The predicted octanol–water partition coefficient (Wildman–Crippen LogP) is 1.35. The molecule has 26 heavy (non-hydrogen) atoms. The number of hydrogen-bond acceptors (Lipinski definition) is 4. The molecule has 1 aromatic carbocycles. The fraction of sp³-hybridized carbons (Fsp3) is 0.474. The summed E-state index contributed by atoms with van der Waals surface area (Å²) in [5.41, 5.74) is 0.325. The van der Waals surface area contributed by atoms with Gasteiger partial charge in [0.05, 0.1) is 23.8 Å². The van der Waals surface area contributed by atoms with E-state index in [1.807, 2.05) is 0 Å². The quantitative estimate of drug-likeness (QED) is 0.791. The zero-order chi connectivity index (χ0) is 18.4. The molecule has 7 heteroatoms. The summed E-state index contributed by atoms with van der Waals surface area (Å²) in [5.74, 6) is -0.575. The molecule has 1 fully saturated rings. The van der Waals surface area contributed by atoms with Gasteiger partial charge in [-0.3, -0.25) is 19.0 Å². The van der Waals surface area contributed by atoms with Crippen molar-refractivity contribution in [3.05, 3.63) is 40.9 Å². The van der Waals surface area contributed by atoms with Gasteiger partial charge in [-0.2, -0.15) is 0 Å². The van der Waals surface area contributed by atoms with Crippen LogP contribution < -0.4 is 16.2 Å². The minimum absolute atomic E-state index is 0.0783. The van der Waals surface area contributed by atoms with E-state index in [1.165, 1.54) is 23.7 Å².